The highest BCUT2D eigenvalue weighted by Crippen LogP contribution is 2.32. The molecule has 0 saturated carbocycles. The monoisotopic (exact) mass is 344 g/mol. The number of alkyl halides is 1. The fourth-order valence-corrected chi connectivity index (χ4v) is 2.58. The van der Waals surface area contributed by atoms with Crippen molar-refractivity contribution in [2.45, 2.75) is 44.9 Å². The van der Waals surface area contributed by atoms with E-state index in [2.05, 4.69) is 15.9 Å². The van der Waals surface area contributed by atoms with Crippen LogP contribution >= 0.6 is 15.9 Å². The standard InChI is InChI=1S/C15H21BrO4/c16-10-6-4-2-1-3-5-7-11-8-9-12(17)14(18)13(11)15(19)20/h8-9,17-18H,1-7,10H2,(H,19,20). The van der Waals surface area contributed by atoms with E-state index in [1.165, 1.54) is 25.3 Å². The second-order valence-electron chi connectivity index (χ2n) is 4.83. The van der Waals surface area contributed by atoms with Gasteiger partial charge < -0.3 is 15.3 Å². The van der Waals surface area contributed by atoms with Crippen molar-refractivity contribution in [3.8, 4) is 11.5 Å². The maximum absolute atomic E-state index is 11.1. The summed E-state index contributed by atoms with van der Waals surface area (Å²) >= 11 is 3.40. The number of phenolic OH excluding ortho intramolecular Hbond substituents is 1. The van der Waals surface area contributed by atoms with Crippen molar-refractivity contribution in [1.82, 2.24) is 0 Å². The number of unbranched alkanes of at least 4 members (excludes halogenated alkanes) is 5. The highest BCUT2D eigenvalue weighted by Gasteiger charge is 2.18. The molecular weight excluding hydrogens is 324 g/mol. The van der Waals surface area contributed by atoms with Gasteiger partial charge in [-0.1, -0.05) is 47.7 Å². The van der Waals surface area contributed by atoms with Gasteiger partial charge >= 0.3 is 5.97 Å². The first-order valence-electron chi connectivity index (χ1n) is 6.91. The van der Waals surface area contributed by atoms with E-state index in [4.69, 9.17) is 5.11 Å². The lowest BCUT2D eigenvalue weighted by Gasteiger charge is -2.09. The van der Waals surface area contributed by atoms with Gasteiger partial charge in [0.25, 0.3) is 0 Å². The molecule has 20 heavy (non-hydrogen) atoms. The van der Waals surface area contributed by atoms with E-state index >= 15 is 0 Å². The Morgan fingerprint density at radius 1 is 1.00 bits per heavy atom. The molecule has 0 saturated heterocycles. The molecule has 0 heterocycles. The third kappa shape index (κ3) is 5.04. The summed E-state index contributed by atoms with van der Waals surface area (Å²) in [5.41, 5.74) is 0.401. The van der Waals surface area contributed by atoms with Crippen LogP contribution in [-0.2, 0) is 6.42 Å². The minimum absolute atomic E-state index is 0.177. The Bertz CT molecular complexity index is 446. The minimum Gasteiger partial charge on any atom is -0.504 e. The molecule has 5 heteroatoms. The van der Waals surface area contributed by atoms with E-state index in [1.807, 2.05) is 0 Å². The lowest BCUT2D eigenvalue weighted by Crippen LogP contribution is -2.03. The van der Waals surface area contributed by atoms with Gasteiger partial charge in [-0.15, -0.1) is 0 Å². The summed E-state index contributed by atoms with van der Waals surface area (Å²) in [6.45, 7) is 0. The van der Waals surface area contributed by atoms with Gasteiger partial charge in [0.05, 0.1) is 0 Å². The molecule has 0 radical (unpaired) electrons. The molecule has 0 amide bonds. The molecule has 1 aromatic carbocycles. The predicted molar refractivity (Wildman–Crippen MR) is 81.9 cm³/mol. The average molecular weight is 345 g/mol. The lowest BCUT2D eigenvalue weighted by atomic mass is 9.99. The number of phenols is 2. The Balaban J connectivity index is 2.48. The van der Waals surface area contributed by atoms with E-state index in [9.17, 15) is 15.0 Å². The molecule has 0 atom stereocenters. The Morgan fingerprint density at radius 2 is 1.60 bits per heavy atom. The maximum Gasteiger partial charge on any atom is 0.339 e. The van der Waals surface area contributed by atoms with Crippen molar-refractivity contribution in [2.24, 2.45) is 0 Å². The molecule has 0 aliphatic carbocycles. The lowest BCUT2D eigenvalue weighted by molar-refractivity contribution is 0.0691. The van der Waals surface area contributed by atoms with Crippen LogP contribution in [0.25, 0.3) is 0 Å². The van der Waals surface area contributed by atoms with Gasteiger partial charge in [0.1, 0.15) is 5.56 Å². The van der Waals surface area contributed by atoms with Gasteiger partial charge in [-0.05, 0) is 30.9 Å². The Hall–Kier alpha value is -1.23. The summed E-state index contributed by atoms with van der Waals surface area (Å²) in [7, 11) is 0. The third-order valence-electron chi connectivity index (χ3n) is 3.29. The molecule has 0 spiro atoms. The van der Waals surface area contributed by atoms with Crippen molar-refractivity contribution >= 4 is 21.9 Å². The van der Waals surface area contributed by atoms with Crippen LogP contribution in [0, 0.1) is 0 Å². The van der Waals surface area contributed by atoms with Crippen LogP contribution in [0.5, 0.6) is 11.5 Å². The number of carboxylic acid groups (broad SMARTS) is 1. The Labute approximate surface area is 127 Å². The van der Waals surface area contributed by atoms with Crippen LogP contribution < -0.4 is 0 Å². The van der Waals surface area contributed by atoms with Gasteiger partial charge in [0.15, 0.2) is 11.5 Å². The average Bonchev–Trinajstić information content (AvgIpc) is 2.41. The largest absolute Gasteiger partial charge is 0.504 e. The summed E-state index contributed by atoms with van der Waals surface area (Å²) in [5.74, 6) is -2.13. The summed E-state index contributed by atoms with van der Waals surface area (Å²) in [4.78, 5) is 11.1. The molecule has 1 aromatic rings. The fraction of sp³-hybridized carbons (Fsp3) is 0.533. The zero-order valence-electron chi connectivity index (χ0n) is 11.4. The Morgan fingerprint density at radius 3 is 2.20 bits per heavy atom. The van der Waals surface area contributed by atoms with Crippen LogP contribution in [0.1, 0.15) is 54.4 Å². The molecule has 0 fully saturated rings. The van der Waals surface area contributed by atoms with E-state index in [0.717, 1.165) is 24.6 Å². The van der Waals surface area contributed by atoms with Gasteiger partial charge in [-0.2, -0.15) is 0 Å². The van der Waals surface area contributed by atoms with Crippen molar-refractivity contribution in [3.63, 3.8) is 0 Å². The molecule has 0 aliphatic heterocycles. The molecule has 112 valence electrons. The first-order chi connectivity index (χ1) is 9.57. The minimum atomic E-state index is -1.20. The summed E-state index contributed by atoms with van der Waals surface area (Å²) < 4.78 is 0. The van der Waals surface area contributed by atoms with Gasteiger partial charge in [0.2, 0.25) is 0 Å². The van der Waals surface area contributed by atoms with Gasteiger partial charge in [0, 0.05) is 5.33 Å². The van der Waals surface area contributed by atoms with E-state index in [0.29, 0.717) is 12.0 Å². The number of hydrogen-bond donors (Lipinski definition) is 3. The molecule has 4 nitrogen and oxygen atoms in total. The maximum atomic E-state index is 11.1. The van der Waals surface area contributed by atoms with Crippen LogP contribution in [0.4, 0.5) is 0 Å². The van der Waals surface area contributed by atoms with Crippen LogP contribution in [0.15, 0.2) is 12.1 Å². The van der Waals surface area contributed by atoms with Crippen molar-refractivity contribution in [3.05, 3.63) is 23.3 Å². The van der Waals surface area contributed by atoms with Gasteiger partial charge in [-0.3, -0.25) is 0 Å². The highest BCUT2D eigenvalue weighted by molar-refractivity contribution is 9.09. The number of halogens is 1. The predicted octanol–water partition coefficient (Wildman–Crippen LogP) is 4.07. The number of hydrogen-bond acceptors (Lipinski definition) is 3. The zero-order chi connectivity index (χ0) is 15.0. The molecule has 0 unspecified atom stereocenters. The molecule has 0 bridgehead atoms. The van der Waals surface area contributed by atoms with Crippen LogP contribution in [-0.4, -0.2) is 26.6 Å². The number of carbonyl (C=O) groups is 1. The van der Waals surface area contributed by atoms with Crippen molar-refractivity contribution in [1.29, 1.82) is 0 Å². The van der Waals surface area contributed by atoms with Gasteiger partial charge in [-0.25, -0.2) is 4.79 Å². The SMILES string of the molecule is O=C(O)c1c(CCCCCCCCBr)ccc(O)c1O. The first-order valence-corrected chi connectivity index (χ1v) is 8.03. The Kier molecular flexibility index (Phi) is 7.44. The highest BCUT2D eigenvalue weighted by atomic mass is 79.9. The molecule has 3 N–H and O–H groups in total. The fourth-order valence-electron chi connectivity index (χ4n) is 2.19. The van der Waals surface area contributed by atoms with Crippen LogP contribution in [0.2, 0.25) is 0 Å². The quantitative estimate of drug-likeness (QED) is 0.358. The molecule has 0 aromatic heterocycles. The summed E-state index contributed by atoms with van der Waals surface area (Å²) in [6.07, 6.45) is 7.27. The second-order valence-corrected chi connectivity index (χ2v) is 5.63. The smallest absolute Gasteiger partial charge is 0.339 e. The number of aromatic carboxylic acids is 1. The van der Waals surface area contributed by atoms with Crippen molar-refractivity contribution in [2.75, 3.05) is 5.33 Å². The first kappa shape index (κ1) is 16.8. The molecule has 0 aliphatic rings. The number of benzene rings is 1. The van der Waals surface area contributed by atoms with Crippen LogP contribution in [0.3, 0.4) is 0 Å². The van der Waals surface area contributed by atoms with Crippen molar-refractivity contribution < 1.29 is 20.1 Å². The number of rotatable bonds is 9. The van der Waals surface area contributed by atoms with E-state index in [1.54, 1.807) is 6.07 Å². The number of carboxylic acids is 1. The number of aromatic hydroxyl groups is 2. The summed E-state index contributed by atoms with van der Waals surface area (Å²) in [5, 5.41) is 29.1. The topological polar surface area (TPSA) is 77.8 Å². The summed E-state index contributed by atoms with van der Waals surface area (Å²) in [6, 6.07) is 2.91. The zero-order valence-corrected chi connectivity index (χ0v) is 13.0. The van der Waals surface area contributed by atoms with E-state index < -0.39 is 11.7 Å². The molecule has 1 rings (SSSR count). The second kappa shape index (κ2) is 8.84. The van der Waals surface area contributed by atoms with E-state index in [-0.39, 0.29) is 11.3 Å². The molecular formula is C15H21BrO4. The third-order valence-corrected chi connectivity index (χ3v) is 3.85. The normalized spacial score (nSPS) is 10.7. The number of aryl methyl sites for hydroxylation is 1.